The van der Waals surface area contributed by atoms with E-state index in [-0.39, 0.29) is 21.8 Å². The van der Waals surface area contributed by atoms with Crippen molar-refractivity contribution in [3.05, 3.63) is 217 Å². The number of hydrogen-bond acceptors (Lipinski definition) is 4. The van der Waals surface area contributed by atoms with Crippen LogP contribution in [-0.2, 0) is 16.2 Å². The molecule has 0 N–H and O–H groups in total. The Bertz CT molecular complexity index is 3770. The van der Waals surface area contributed by atoms with Gasteiger partial charge in [0.2, 0.25) is 0 Å². The summed E-state index contributed by atoms with van der Waals surface area (Å²) >= 11 is 0. The first-order valence-corrected chi connectivity index (χ1v) is 25.1. The van der Waals surface area contributed by atoms with Crippen molar-refractivity contribution in [1.29, 1.82) is 0 Å². The van der Waals surface area contributed by atoms with Crippen molar-refractivity contribution in [2.24, 2.45) is 0 Å². The highest BCUT2D eigenvalue weighted by Crippen LogP contribution is 2.52. The fraction of sp³-hybridized carbons (Fsp3) is 0.209. The summed E-state index contributed by atoms with van der Waals surface area (Å²) in [5, 5.41) is 2.06. The molecule has 0 radical (unpaired) electrons. The van der Waals surface area contributed by atoms with Gasteiger partial charge in [-0.15, -0.1) is 0 Å². The minimum absolute atomic E-state index is 0.00955. The summed E-state index contributed by atoms with van der Waals surface area (Å²) in [4.78, 5) is 9.55. The van der Waals surface area contributed by atoms with Gasteiger partial charge in [0.05, 0.1) is 28.1 Å². The molecule has 0 saturated heterocycles. The lowest BCUT2D eigenvalue weighted by atomic mass is 9.76. The molecule has 0 atom stereocenters. The summed E-state index contributed by atoms with van der Waals surface area (Å²) in [6.45, 7) is 18.9. The molecule has 0 saturated carbocycles. The van der Waals surface area contributed by atoms with E-state index in [9.17, 15) is 0 Å². The second-order valence-corrected chi connectivity index (χ2v) is 22.4. The summed E-state index contributed by atoms with van der Waals surface area (Å²) in [5.41, 5.74) is 17.4. The van der Waals surface area contributed by atoms with Crippen LogP contribution in [-0.4, -0.2) is 16.2 Å². The standard InChI is InChI=1S/C67H64N4O/c1-44-37-38-68-63(39-44)71-59-22-12-11-19-55(59)56-36-34-52(42-62(56)71)72-51-18-15-17-50(41-51)69-43-70(61-24-14-13-23-60(61)69)64-53(47-27-25-45(26-28-47)46-29-31-48(32-30-46)65(2,3)4)20-16-21-57(64)54-35-33-49(66(5,6)7)40-58(54)67(8,9)10/h11-42H,43H2,1-10H3/i1D3. The van der Waals surface area contributed by atoms with Crippen LogP contribution in [0.5, 0.6) is 11.5 Å². The zero-order chi connectivity index (χ0) is 52.6. The fourth-order valence-electron chi connectivity index (χ4n) is 10.4. The highest BCUT2D eigenvalue weighted by molar-refractivity contribution is 6.09. The summed E-state index contributed by atoms with van der Waals surface area (Å²) < 4.78 is 33.1. The van der Waals surface area contributed by atoms with Crippen molar-refractivity contribution in [2.45, 2.75) is 85.4 Å². The van der Waals surface area contributed by atoms with E-state index < -0.39 is 6.85 Å². The molecule has 8 aromatic carbocycles. The molecule has 5 heteroatoms. The minimum atomic E-state index is -2.27. The number of pyridine rings is 1. The first-order chi connectivity index (χ1) is 35.7. The predicted molar refractivity (Wildman–Crippen MR) is 304 cm³/mol. The fourth-order valence-corrected chi connectivity index (χ4v) is 10.4. The SMILES string of the molecule is [2H]C([2H])([2H])c1ccnc(-n2c3ccccc3c3ccc(Oc4cccc(N5CN(c6c(-c7ccc(-c8ccc(C(C)(C)C)cc8)cc7)cccc6-c6ccc(C(C)(C)C)cc6C(C)(C)C)c6ccccc65)c4)cc32)c1. The molecular formula is C67H64N4O. The second-order valence-electron chi connectivity index (χ2n) is 22.4. The molecule has 2 aromatic heterocycles. The molecule has 0 fully saturated rings. The van der Waals surface area contributed by atoms with E-state index in [0.29, 0.717) is 24.0 Å². The third-order valence-electron chi connectivity index (χ3n) is 14.3. The smallest absolute Gasteiger partial charge is 0.137 e. The van der Waals surface area contributed by atoms with Crippen molar-refractivity contribution in [3.8, 4) is 50.7 Å². The quantitative estimate of drug-likeness (QED) is 0.152. The van der Waals surface area contributed by atoms with Gasteiger partial charge in [-0.05, 0) is 122 Å². The molecule has 1 aliphatic rings. The number of rotatable bonds is 8. The van der Waals surface area contributed by atoms with Crippen LogP contribution in [0, 0.1) is 6.85 Å². The molecule has 0 amide bonds. The normalized spacial score (nSPS) is 13.8. The summed E-state index contributed by atoms with van der Waals surface area (Å²) in [6, 6.07) is 66.5. The Morgan fingerprint density at radius 1 is 0.472 bits per heavy atom. The van der Waals surface area contributed by atoms with Crippen LogP contribution in [0.1, 0.15) is 88.7 Å². The number of benzene rings is 8. The molecule has 0 unspecified atom stereocenters. The number of ether oxygens (including phenoxy) is 1. The number of para-hydroxylation sites is 4. The molecule has 10 aromatic rings. The number of aromatic nitrogens is 2. The van der Waals surface area contributed by atoms with Gasteiger partial charge >= 0.3 is 0 Å². The molecule has 5 nitrogen and oxygen atoms in total. The lowest BCUT2D eigenvalue weighted by Crippen LogP contribution is -2.25. The maximum atomic E-state index is 8.11. The molecular weight excluding hydrogens is 877 g/mol. The van der Waals surface area contributed by atoms with E-state index >= 15 is 0 Å². The molecule has 0 spiro atoms. The van der Waals surface area contributed by atoms with Crippen molar-refractivity contribution < 1.29 is 8.85 Å². The summed E-state index contributed by atoms with van der Waals surface area (Å²) in [7, 11) is 0. The van der Waals surface area contributed by atoms with Crippen LogP contribution >= 0.6 is 0 Å². The number of anilines is 4. The average molecular weight is 944 g/mol. The van der Waals surface area contributed by atoms with Crippen LogP contribution in [0.3, 0.4) is 0 Å². The second kappa shape index (κ2) is 17.8. The van der Waals surface area contributed by atoms with Gasteiger partial charge in [0.15, 0.2) is 0 Å². The van der Waals surface area contributed by atoms with Crippen LogP contribution in [0.15, 0.2) is 194 Å². The Morgan fingerprint density at radius 3 is 1.82 bits per heavy atom. The van der Waals surface area contributed by atoms with Gasteiger partial charge in [-0.3, -0.25) is 4.57 Å². The Labute approximate surface area is 430 Å². The molecule has 358 valence electrons. The zero-order valence-electron chi connectivity index (χ0n) is 45.9. The number of hydrogen-bond donors (Lipinski definition) is 0. The topological polar surface area (TPSA) is 33.5 Å². The summed E-state index contributed by atoms with van der Waals surface area (Å²) in [6.07, 6.45) is 1.57. The van der Waals surface area contributed by atoms with Gasteiger partial charge in [-0.1, -0.05) is 184 Å². The maximum absolute atomic E-state index is 8.11. The highest BCUT2D eigenvalue weighted by Gasteiger charge is 2.33. The van der Waals surface area contributed by atoms with E-state index in [4.69, 9.17) is 8.85 Å². The maximum Gasteiger partial charge on any atom is 0.137 e. The van der Waals surface area contributed by atoms with Gasteiger partial charge in [-0.25, -0.2) is 4.98 Å². The van der Waals surface area contributed by atoms with Crippen LogP contribution < -0.4 is 14.5 Å². The highest BCUT2D eigenvalue weighted by atomic mass is 16.5. The van der Waals surface area contributed by atoms with E-state index in [1.807, 2.05) is 41.0 Å². The van der Waals surface area contributed by atoms with Gasteiger partial charge in [0.25, 0.3) is 0 Å². The largest absolute Gasteiger partial charge is 0.457 e. The van der Waals surface area contributed by atoms with E-state index in [0.717, 1.165) is 55.7 Å². The third kappa shape index (κ3) is 8.61. The Morgan fingerprint density at radius 2 is 1.10 bits per heavy atom. The van der Waals surface area contributed by atoms with Gasteiger partial charge in [0, 0.05) is 50.0 Å². The van der Waals surface area contributed by atoms with Crippen LogP contribution in [0.25, 0.3) is 61.0 Å². The van der Waals surface area contributed by atoms with E-state index in [1.165, 1.54) is 38.9 Å². The van der Waals surface area contributed by atoms with Gasteiger partial charge < -0.3 is 14.5 Å². The number of nitrogens with zero attached hydrogens (tertiary/aromatic N) is 4. The first-order valence-electron chi connectivity index (χ1n) is 26.6. The molecule has 72 heavy (non-hydrogen) atoms. The zero-order valence-corrected chi connectivity index (χ0v) is 42.9. The third-order valence-corrected chi connectivity index (χ3v) is 14.3. The van der Waals surface area contributed by atoms with Crippen LogP contribution in [0.2, 0.25) is 0 Å². The van der Waals surface area contributed by atoms with Crippen molar-refractivity contribution >= 4 is 44.6 Å². The Hall–Kier alpha value is -7.89. The molecule has 0 aliphatic carbocycles. The van der Waals surface area contributed by atoms with E-state index in [1.54, 1.807) is 18.3 Å². The van der Waals surface area contributed by atoms with Crippen molar-refractivity contribution in [3.63, 3.8) is 0 Å². The molecule has 1 aliphatic heterocycles. The van der Waals surface area contributed by atoms with Crippen molar-refractivity contribution in [2.75, 3.05) is 16.5 Å². The first kappa shape index (κ1) is 42.9. The minimum Gasteiger partial charge on any atom is -0.457 e. The predicted octanol–water partition coefficient (Wildman–Crippen LogP) is 18.4. The molecule has 0 bridgehead atoms. The molecule has 11 rings (SSSR count). The monoisotopic (exact) mass is 944 g/mol. The van der Waals surface area contributed by atoms with Gasteiger partial charge in [0.1, 0.15) is 24.0 Å². The molecule has 3 heterocycles. The summed E-state index contributed by atoms with van der Waals surface area (Å²) in [5.74, 6) is 1.88. The Kier molecular flexibility index (Phi) is 10.6. The average Bonchev–Trinajstić information content (AvgIpc) is 3.93. The number of fused-ring (bicyclic) bond motifs is 4. The number of aryl methyl sites for hydroxylation is 1. The van der Waals surface area contributed by atoms with Gasteiger partial charge in [-0.2, -0.15) is 0 Å². The van der Waals surface area contributed by atoms with Crippen molar-refractivity contribution in [1.82, 2.24) is 9.55 Å². The Balaban J connectivity index is 0.998. The lowest BCUT2D eigenvalue weighted by molar-refractivity contribution is 0.483. The van der Waals surface area contributed by atoms with Crippen LogP contribution in [0.4, 0.5) is 22.7 Å². The lowest BCUT2D eigenvalue weighted by Gasteiger charge is -2.31. The van der Waals surface area contributed by atoms with E-state index in [2.05, 4.69) is 217 Å².